The SMILES string of the molecule is CC(NC(=O)CN1CCN(c2ncccn2)CC1)c1cccc2ccccc12. The van der Waals surface area contributed by atoms with Crippen LogP contribution in [0.15, 0.2) is 60.9 Å². The molecular formula is C22H25N5O. The standard InChI is InChI=1S/C22H25N5O/c1-17(19-9-4-7-18-6-2-3-8-20(18)19)25-21(28)16-26-12-14-27(15-13-26)22-23-10-5-11-24-22/h2-11,17H,12-16H2,1H3,(H,25,28). The maximum absolute atomic E-state index is 12.6. The monoisotopic (exact) mass is 375 g/mol. The van der Waals surface area contributed by atoms with Crippen molar-refractivity contribution in [3.63, 3.8) is 0 Å². The number of nitrogens with one attached hydrogen (secondary N) is 1. The highest BCUT2D eigenvalue weighted by Crippen LogP contribution is 2.24. The van der Waals surface area contributed by atoms with Gasteiger partial charge >= 0.3 is 0 Å². The Labute approximate surface area is 165 Å². The highest BCUT2D eigenvalue weighted by molar-refractivity contribution is 5.87. The molecule has 0 radical (unpaired) electrons. The summed E-state index contributed by atoms with van der Waals surface area (Å²) in [6.07, 6.45) is 3.52. The first-order valence-electron chi connectivity index (χ1n) is 9.72. The lowest BCUT2D eigenvalue weighted by atomic mass is 10.00. The molecule has 0 aliphatic carbocycles. The van der Waals surface area contributed by atoms with Crippen LogP contribution in [0.5, 0.6) is 0 Å². The summed E-state index contributed by atoms with van der Waals surface area (Å²) in [5.74, 6) is 0.820. The summed E-state index contributed by atoms with van der Waals surface area (Å²) in [6, 6.07) is 16.3. The van der Waals surface area contributed by atoms with E-state index in [4.69, 9.17) is 0 Å². The van der Waals surface area contributed by atoms with Crippen molar-refractivity contribution in [1.82, 2.24) is 20.2 Å². The van der Waals surface area contributed by atoms with E-state index < -0.39 is 0 Å². The molecule has 1 aliphatic rings. The number of hydrogen-bond acceptors (Lipinski definition) is 5. The van der Waals surface area contributed by atoms with Gasteiger partial charge in [0.1, 0.15) is 0 Å². The van der Waals surface area contributed by atoms with E-state index in [9.17, 15) is 4.79 Å². The van der Waals surface area contributed by atoms with Crippen LogP contribution in [0.1, 0.15) is 18.5 Å². The minimum atomic E-state index is -0.0300. The number of carbonyl (C=O) groups excluding carboxylic acids is 1. The summed E-state index contributed by atoms with van der Waals surface area (Å²) in [5.41, 5.74) is 1.15. The molecule has 1 N–H and O–H groups in total. The third-order valence-corrected chi connectivity index (χ3v) is 5.24. The number of benzene rings is 2. The van der Waals surface area contributed by atoms with E-state index in [0.29, 0.717) is 6.54 Å². The molecule has 3 aromatic rings. The summed E-state index contributed by atoms with van der Waals surface area (Å²) < 4.78 is 0. The Hall–Kier alpha value is -2.99. The fourth-order valence-corrected chi connectivity index (χ4v) is 3.76. The van der Waals surface area contributed by atoms with Gasteiger partial charge < -0.3 is 10.2 Å². The van der Waals surface area contributed by atoms with Crippen LogP contribution in [-0.2, 0) is 4.79 Å². The zero-order valence-electron chi connectivity index (χ0n) is 16.1. The van der Waals surface area contributed by atoms with Crippen LogP contribution < -0.4 is 10.2 Å². The molecule has 4 rings (SSSR count). The van der Waals surface area contributed by atoms with Gasteiger partial charge in [0, 0.05) is 38.6 Å². The zero-order valence-corrected chi connectivity index (χ0v) is 16.1. The number of aromatic nitrogens is 2. The Morgan fingerprint density at radius 3 is 2.50 bits per heavy atom. The molecule has 0 saturated carbocycles. The van der Waals surface area contributed by atoms with Crippen molar-refractivity contribution in [1.29, 1.82) is 0 Å². The van der Waals surface area contributed by atoms with Crippen molar-refractivity contribution < 1.29 is 4.79 Å². The minimum absolute atomic E-state index is 0.0300. The quantitative estimate of drug-likeness (QED) is 0.743. The molecule has 1 unspecified atom stereocenters. The number of amides is 1. The largest absolute Gasteiger partial charge is 0.348 e. The molecule has 0 bridgehead atoms. The number of anilines is 1. The zero-order chi connectivity index (χ0) is 19.3. The average Bonchev–Trinajstić information content (AvgIpc) is 2.74. The van der Waals surface area contributed by atoms with E-state index in [1.165, 1.54) is 10.8 Å². The molecule has 0 spiro atoms. The lowest BCUT2D eigenvalue weighted by Gasteiger charge is -2.34. The smallest absolute Gasteiger partial charge is 0.234 e. The molecule has 1 amide bonds. The van der Waals surface area contributed by atoms with Crippen molar-refractivity contribution in [3.05, 3.63) is 66.5 Å². The van der Waals surface area contributed by atoms with Gasteiger partial charge in [0.05, 0.1) is 12.6 Å². The normalized spacial score (nSPS) is 16.1. The number of nitrogens with zero attached hydrogens (tertiary/aromatic N) is 4. The Kier molecular flexibility index (Phi) is 5.48. The van der Waals surface area contributed by atoms with E-state index in [-0.39, 0.29) is 11.9 Å². The molecule has 1 aromatic heterocycles. The van der Waals surface area contributed by atoms with Gasteiger partial charge in [-0.3, -0.25) is 9.69 Å². The first-order chi connectivity index (χ1) is 13.7. The molecule has 1 atom stereocenters. The minimum Gasteiger partial charge on any atom is -0.348 e. The Morgan fingerprint density at radius 1 is 1.00 bits per heavy atom. The van der Waals surface area contributed by atoms with Gasteiger partial charge in [-0.15, -0.1) is 0 Å². The second-order valence-electron chi connectivity index (χ2n) is 7.17. The van der Waals surface area contributed by atoms with Crippen molar-refractivity contribution in [2.24, 2.45) is 0 Å². The third-order valence-electron chi connectivity index (χ3n) is 5.24. The first-order valence-corrected chi connectivity index (χ1v) is 9.72. The Balaban J connectivity index is 1.32. The van der Waals surface area contributed by atoms with Gasteiger partial charge in [-0.05, 0) is 29.3 Å². The molecule has 2 heterocycles. The second-order valence-corrected chi connectivity index (χ2v) is 7.17. The van der Waals surface area contributed by atoms with Crippen molar-refractivity contribution in [2.45, 2.75) is 13.0 Å². The lowest BCUT2D eigenvalue weighted by molar-refractivity contribution is -0.123. The molecule has 144 valence electrons. The molecule has 1 fully saturated rings. The van der Waals surface area contributed by atoms with Gasteiger partial charge in [-0.2, -0.15) is 0 Å². The van der Waals surface area contributed by atoms with Crippen LogP contribution in [0, 0.1) is 0 Å². The highest BCUT2D eigenvalue weighted by Gasteiger charge is 2.21. The fourth-order valence-electron chi connectivity index (χ4n) is 3.76. The Bertz CT molecular complexity index is 933. The van der Waals surface area contributed by atoms with E-state index in [1.54, 1.807) is 12.4 Å². The molecule has 6 heteroatoms. The molecule has 28 heavy (non-hydrogen) atoms. The maximum atomic E-state index is 12.6. The van der Waals surface area contributed by atoms with Gasteiger partial charge in [0.15, 0.2) is 0 Å². The van der Waals surface area contributed by atoms with Crippen LogP contribution in [0.25, 0.3) is 10.8 Å². The van der Waals surface area contributed by atoms with Crippen LogP contribution in [0.3, 0.4) is 0 Å². The molecule has 6 nitrogen and oxygen atoms in total. The van der Waals surface area contributed by atoms with Crippen LogP contribution in [0.4, 0.5) is 5.95 Å². The fraction of sp³-hybridized carbons (Fsp3) is 0.318. The van der Waals surface area contributed by atoms with Gasteiger partial charge in [0.2, 0.25) is 11.9 Å². The van der Waals surface area contributed by atoms with Gasteiger partial charge in [-0.25, -0.2) is 9.97 Å². The summed E-state index contributed by atoms with van der Waals surface area (Å²) in [4.78, 5) is 25.5. The molecule has 1 saturated heterocycles. The average molecular weight is 375 g/mol. The number of piperazine rings is 1. The van der Waals surface area contributed by atoms with E-state index >= 15 is 0 Å². The molecule has 2 aromatic carbocycles. The summed E-state index contributed by atoms with van der Waals surface area (Å²) in [7, 11) is 0. The van der Waals surface area contributed by atoms with Crippen LogP contribution in [-0.4, -0.2) is 53.5 Å². The number of hydrogen-bond donors (Lipinski definition) is 1. The second kappa shape index (κ2) is 8.35. The van der Waals surface area contributed by atoms with Crippen molar-refractivity contribution >= 4 is 22.6 Å². The summed E-state index contributed by atoms with van der Waals surface area (Å²) in [5, 5.41) is 5.54. The molecule has 1 aliphatic heterocycles. The van der Waals surface area contributed by atoms with Gasteiger partial charge in [-0.1, -0.05) is 42.5 Å². The number of rotatable bonds is 5. The van der Waals surface area contributed by atoms with Gasteiger partial charge in [0.25, 0.3) is 0 Å². The number of fused-ring (bicyclic) bond motifs is 1. The lowest BCUT2D eigenvalue weighted by Crippen LogP contribution is -2.50. The van der Waals surface area contributed by atoms with Crippen molar-refractivity contribution in [3.8, 4) is 0 Å². The predicted octanol–water partition coefficient (Wildman–Crippen LogP) is 2.63. The topological polar surface area (TPSA) is 61.4 Å². The maximum Gasteiger partial charge on any atom is 0.234 e. The van der Waals surface area contributed by atoms with Crippen LogP contribution >= 0.6 is 0 Å². The number of carbonyl (C=O) groups is 1. The predicted molar refractivity (Wildman–Crippen MR) is 111 cm³/mol. The van der Waals surface area contributed by atoms with Crippen molar-refractivity contribution in [2.75, 3.05) is 37.6 Å². The third kappa shape index (κ3) is 4.12. The summed E-state index contributed by atoms with van der Waals surface area (Å²) in [6.45, 7) is 5.78. The highest BCUT2D eigenvalue weighted by atomic mass is 16.2. The Morgan fingerprint density at radius 2 is 1.71 bits per heavy atom. The first kappa shape index (κ1) is 18.4. The van der Waals surface area contributed by atoms with E-state index in [1.807, 2.05) is 31.2 Å². The van der Waals surface area contributed by atoms with E-state index in [0.717, 1.165) is 37.7 Å². The van der Waals surface area contributed by atoms with Crippen LogP contribution in [0.2, 0.25) is 0 Å². The molecular weight excluding hydrogens is 350 g/mol. The summed E-state index contributed by atoms with van der Waals surface area (Å²) >= 11 is 0. The van der Waals surface area contributed by atoms with E-state index in [2.05, 4.69) is 49.4 Å².